The molecule has 1 aromatic carbocycles. The smallest absolute Gasteiger partial charge is 0.0601 e. The van der Waals surface area contributed by atoms with E-state index in [2.05, 4.69) is 34.9 Å². The molecular formula is C15H22N2O. The van der Waals surface area contributed by atoms with Gasteiger partial charge in [0, 0.05) is 31.9 Å². The fourth-order valence-electron chi connectivity index (χ4n) is 2.91. The van der Waals surface area contributed by atoms with Gasteiger partial charge in [-0.15, -0.1) is 0 Å². The minimum Gasteiger partial charge on any atom is -0.384 e. The number of ether oxygens (including phenoxy) is 1. The van der Waals surface area contributed by atoms with Gasteiger partial charge < -0.3 is 15.4 Å². The van der Waals surface area contributed by atoms with Gasteiger partial charge in [0.2, 0.25) is 0 Å². The van der Waals surface area contributed by atoms with Gasteiger partial charge in [0.25, 0.3) is 0 Å². The minimum atomic E-state index is 0.493. The maximum Gasteiger partial charge on any atom is 0.0601 e. The van der Waals surface area contributed by atoms with Crippen molar-refractivity contribution >= 4 is 5.69 Å². The average Bonchev–Trinajstić information content (AvgIpc) is 2.37. The van der Waals surface area contributed by atoms with Gasteiger partial charge in [0.05, 0.1) is 6.10 Å². The number of hydrogen-bond donors (Lipinski definition) is 2. The van der Waals surface area contributed by atoms with Crippen LogP contribution in [0.5, 0.6) is 0 Å². The van der Waals surface area contributed by atoms with Crippen molar-refractivity contribution in [3.8, 4) is 0 Å². The summed E-state index contributed by atoms with van der Waals surface area (Å²) in [6, 6.07) is 9.31. The summed E-state index contributed by atoms with van der Waals surface area (Å²) in [4.78, 5) is 0. The van der Waals surface area contributed by atoms with Gasteiger partial charge in [-0.25, -0.2) is 0 Å². The zero-order valence-electron chi connectivity index (χ0n) is 11.0. The molecule has 3 nitrogen and oxygen atoms in total. The van der Waals surface area contributed by atoms with E-state index in [4.69, 9.17) is 4.74 Å². The van der Waals surface area contributed by atoms with E-state index in [0.29, 0.717) is 18.1 Å². The third-order valence-corrected chi connectivity index (χ3v) is 4.23. The summed E-state index contributed by atoms with van der Waals surface area (Å²) in [5.41, 5.74) is 2.77. The molecule has 1 aliphatic carbocycles. The molecule has 0 saturated heterocycles. The molecule has 98 valence electrons. The first-order valence-corrected chi connectivity index (χ1v) is 6.93. The van der Waals surface area contributed by atoms with Crippen LogP contribution in [0.1, 0.15) is 18.4 Å². The highest BCUT2D eigenvalue weighted by Crippen LogP contribution is 2.26. The van der Waals surface area contributed by atoms with E-state index in [9.17, 15) is 0 Å². The van der Waals surface area contributed by atoms with Crippen molar-refractivity contribution in [2.45, 2.75) is 31.4 Å². The van der Waals surface area contributed by atoms with Crippen LogP contribution in [0.25, 0.3) is 0 Å². The van der Waals surface area contributed by atoms with Crippen molar-refractivity contribution in [1.29, 1.82) is 0 Å². The molecule has 0 bridgehead atoms. The Bertz CT molecular complexity index is 401. The number of benzene rings is 1. The molecule has 3 rings (SSSR count). The molecule has 1 saturated carbocycles. The SMILES string of the molecule is COC1CC(NCC2CNc3ccccc3C2)C1. The lowest BCUT2D eigenvalue weighted by Gasteiger charge is -2.36. The van der Waals surface area contributed by atoms with E-state index in [1.54, 1.807) is 0 Å². The molecule has 0 spiro atoms. The maximum absolute atomic E-state index is 5.30. The number of rotatable bonds is 4. The Kier molecular flexibility index (Phi) is 3.52. The van der Waals surface area contributed by atoms with Crippen molar-refractivity contribution in [2.75, 3.05) is 25.5 Å². The van der Waals surface area contributed by atoms with E-state index in [0.717, 1.165) is 13.1 Å². The number of anilines is 1. The highest BCUT2D eigenvalue weighted by molar-refractivity contribution is 5.53. The molecule has 2 N–H and O–H groups in total. The number of fused-ring (bicyclic) bond motifs is 1. The minimum absolute atomic E-state index is 0.493. The summed E-state index contributed by atoms with van der Waals surface area (Å²) in [5, 5.41) is 7.19. The third-order valence-electron chi connectivity index (χ3n) is 4.23. The molecule has 1 aromatic rings. The molecule has 1 unspecified atom stereocenters. The fourth-order valence-corrected chi connectivity index (χ4v) is 2.91. The standard InChI is InChI=1S/C15H22N2O/c1-18-14-7-13(8-14)16-9-11-6-12-4-2-3-5-15(12)17-10-11/h2-5,11,13-14,16-17H,6-10H2,1H3. The van der Waals surface area contributed by atoms with Crippen LogP contribution in [0, 0.1) is 5.92 Å². The summed E-state index contributed by atoms with van der Waals surface area (Å²) < 4.78 is 5.30. The molecule has 1 aliphatic heterocycles. The Morgan fingerprint density at radius 3 is 3.00 bits per heavy atom. The predicted octanol–water partition coefficient (Wildman–Crippen LogP) is 2.04. The zero-order valence-corrected chi connectivity index (χ0v) is 11.0. The first-order chi connectivity index (χ1) is 8.85. The largest absolute Gasteiger partial charge is 0.384 e. The van der Waals surface area contributed by atoms with E-state index < -0.39 is 0 Å². The molecule has 0 amide bonds. The molecule has 3 heteroatoms. The Labute approximate surface area is 109 Å². The van der Waals surface area contributed by atoms with Crippen LogP contribution in [0.2, 0.25) is 0 Å². The number of nitrogens with one attached hydrogen (secondary N) is 2. The lowest BCUT2D eigenvalue weighted by Crippen LogP contribution is -2.47. The number of methoxy groups -OCH3 is 1. The second-order valence-corrected chi connectivity index (χ2v) is 5.54. The van der Waals surface area contributed by atoms with Crippen molar-refractivity contribution < 1.29 is 4.74 Å². The Morgan fingerprint density at radius 2 is 2.17 bits per heavy atom. The summed E-state index contributed by atoms with van der Waals surface area (Å²) in [7, 11) is 1.81. The van der Waals surface area contributed by atoms with Crippen LogP contribution in [-0.2, 0) is 11.2 Å². The first kappa shape index (κ1) is 12.0. The molecule has 18 heavy (non-hydrogen) atoms. The van der Waals surface area contributed by atoms with Crippen LogP contribution < -0.4 is 10.6 Å². The molecule has 1 heterocycles. The van der Waals surface area contributed by atoms with Gasteiger partial charge in [-0.2, -0.15) is 0 Å². The number of hydrogen-bond acceptors (Lipinski definition) is 3. The summed E-state index contributed by atoms with van der Waals surface area (Å²) in [6.45, 7) is 2.20. The maximum atomic E-state index is 5.30. The average molecular weight is 246 g/mol. The molecular weight excluding hydrogens is 224 g/mol. The second-order valence-electron chi connectivity index (χ2n) is 5.54. The molecule has 1 fully saturated rings. The van der Waals surface area contributed by atoms with Crippen LogP contribution >= 0.6 is 0 Å². The monoisotopic (exact) mass is 246 g/mol. The second kappa shape index (κ2) is 5.29. The molecule has 0 radical (unpaired) electrons. The van der Waals surface area contributed by atoms with Gasteiger partial charge >= 0.3 is 0 Å². The highest BCUT2D eigenvalue weighted by atomic mass is 16.5. The molecule has 1 atom stereocenters. The van der Waals surface area contributed by atoms with E-state index in [1.807, 2.05) is 7.11 Å². The zero-order chi connectivity index (χ0) is 12.4. The van der Waals surface area contributed by atoms with E-state index in [1.165, 1.54) is 30.5 Å². The van der Waals surface area contributed by atoms with Gasteiger partial charge in [0.1, 0.15) is 0 Å². The third kappa shape index (κ3) is 2.52. The fraction of sp³-hybridized carbons (Fsp3) is 0.600. The lowest BCUT2D eigenvalue weighted by atomic mass is 9.88. The van der Waals surface area contributed by atoms with Gasteiger partial charge in [-0.1, -0.05) is 18.2 Å². The lowest BCUT2D eigenvalue weighted by molar-refractivity contribution is 0.0166. The normalized spacial score (nSPS) is 30.2. The van der Waals surface area contributed by atoms with Gasteiger partial charge in [-0.05, 0) is 36.8 Å². The summed E-state index contributed by atoms with van der Waals surface area (Å²) >= 11 is 0. The quantitative estimate of drug-likeness (QED) is 0.853. The topological polar surface area (TPSA) is 33.3 Å². The highest BCUT2D eigenvalue weighted by Gasteiger charge is 2.29. The molecule has 2 aliphatic rings. The van der Waals surface area contributed by atoms with Gasteiger partial charge in [0.15, 0.2) is 0 Å². The Hall–Kier alpha value is -1.06. The summed E-state index contributed by atoms with van der Waals surface area (Å²) in [5.74, 6) is 0.710. The van der Waals surface area contributed by atoms with E-state index >= 15 is 0 Å². The summed E-state index contributed by atoms with van der Waals surface area (Å²) in [6.07, 6.45) is 4.03. The molecule has 0 aromatic heterocycles. The Morgan fingerprint density at radius 1 is 1.33 bits per heavy atom. The van der Waals surface area contributed by atoms with Crippen LogP contribution in [0.15, 0.2) is 24.3 Å². The van der Waals surface area contributed by atoms with Crippen LogP contribution in [-0.4, -0.2) is 32.3 Å². The van der Waals surface area contributed by atoms with Crippen molar-refractivity contribution in [2.24, 2.45) is 5.92 Å². The Balaban J connectivity index is 1.46. The predicted molar refractivity (Wildman–Crippen MR) is 73.9 cm³/mol. The van der Waals surface area contributed by atoms with Crippen molar-refractivity contribution in [3.63, 3.8) is 0 Å². The van der Waals surface area contributed by atoms with Crippen molar-refractivity contribution in [3.05, 3.63) is 29.8 Å². The van der Waals surface area contributed by atoms with Gasteiger partial charge in [-0.3, -0.25) is 0 Å². The van der Waals surface area contributed by atoms with Crippen LogP contribution in [0.3, 0.4) is 0 Å². The van der Waals surface area contributed by atoms with E-state index in [-0.39, 0.29) is 0 Å². The first-order valence-electron chi connectivity index (χ1n) is 6.93. The van der Waals surface area contributed by atoms with Crippen LogP contribution in [0.4, 0.5) is 5.69 Å². The van der Waals surface area contributed by atoms with Crippen molar-refractivity contribution in [1.82, 2.24) is 5.32 Å². The number of para-hydroxylation sites is 1.